The van der Waals surface area contributed by atoms with Crippen molar-refractivity contribution in [1.29, 1.82) is 5.26 Å². The predicted octanol–water partition coefficient (Wildman–Crippen LogP) is 4.06. The molecule has 0 spiro atoms. The average Bonchev–Trinajstić information content (AvgIpc) is 3.04. The summed E-state index contributed by atoms with van der Waals surface area (Å²) in [4.78, 5) is 21.1. The number of aromatic nitrogens is 4. The Morgan fingerprint density at radius 2 is 2.14 bits per heavy atom. The van der Waals surface area contributed by atoms with Gasteiger partial charge in [-0.15, -0.1) is 0 Å². The number of nitriles is 1. The van der Waals surface area contributed by atoms with Crippen molar-refractivity contribution in [3.05, 3.63) is 41.7 Å². The summed E-state index contributed by atoms with van der Waals surface area (Å²) < 4.78 is 20.7. The third-order valence-electron chi connectivity index (χ3n) is 3.61. The minimum atomic E-state index is -0.718. The van der Waals surface area contributed by atoms with Crippen LogP contribution < -0.4 is 4.90 Å². The lowest BCUT2D eigenvalue weighted by Crippen LogP contribution is -2.27. The van der Waals surface area contributed by atoms with Crippen molar-refractivity contribution in [3.63, 3.8) is 0 Å². The molecule has 0 unspecified atom stereocenters. The van der Waals surface area contributed by atoms with E-state index in [1.807, 2.05) is 6.07 Å². The predicted molar refractivity (Wildman–Crippen MR) is 101 cm³/mol. The number of carbonyl (C=O) groups excluding carboxylic acids is 1. The van der Waals surface area contributed by atoms with Crippen LogP contribution in [-0.2, 0) is 4.74 Å². The quantitative estimate of drug-likeness (QED) is 0.481. The first kappa shape index (κ1) is 19.5. The highest BCUT2D eigenvalue weighted by Gasteiger charge is 2.21. The topological polar surface area (TPSA) is 96.9 Å². The number of ether oxygens (including phenoxy) is 1. The smallest absolute Gasteiger partial charge is 0.435 e. The van der Waals surface area contributed by atoms with Crippen molar-refractivity contribution >= 4 is 40.1 Å². The van der Waals surface area contributed by atoms with Gasteiger partial charge in [0.15, 0.2) is 11.6 Å². The summed E-state index contributed by atoms with van der Waals surface area (Å²) in [7, 11) is 0. The monoisotopic (exact) mass is 402 g/mol. The molecule has 0 radical (unpaired) electrons. The average molecular weight is 403 g/mol. The van der Waals surface area contributed by atoms with E-state index < -0.39 is 17.5 Å². The number of hydrogen-bond acceptors (Lipinski definition) is 7. The molecule has 144 valence electrons. The molecule has 1 aromatic carbocycles. The number of halogens is 2. The number of fused-ring (bicyclic) bond motifs is 1. The fourth-order valence-electron chi connectivity index (χ4n) is 2.52. The summed E-state index contributed by atoms with van der Waals surface area (Å²) in [6.07, 6.45) is 1.81. The number of benzene rings is 1. The first-order valence-corrected chi connectivity index (χ1v) is 8.61. The van der Waals surface area contributed by atoms with Gasteiger partial charge in [-0.25, -0.2) is 14.2 Å². The SMILES string of the molecule is CC(C)(C)OC(=O)n1ncc2cc(N(CC#N)c3nc(Cl)ncc3F)ccc21. The molecule has 28 heavy (non-hydrogen) atoms. The zero-order chi connectivity index (χ0) is 20.5. The Hall–Kier alpha value is -3.25. The first-order valence-electron chi connectivity index (χ1n) is 8.23. The number of carbonyl (C=O) groups is 1. The summed E-state index contributed by atoms with van der Waals surface area (Å²) in [6, 6.07) is 6.89. The van der Waals surface area contributed by atoms with Crippen molar-refractivity contribution in [3.8, 4) is 6.07 Å². The van der Waals surface area contributed by atoms with Crippen LogP contribution in [0.1, 0.15) is 20.8 Å². The van der Waals surface area contributed by atoms with Crippen LogP contribution in [0.3, 0.4) is 0 Å². The fourth-order valence-corrected chi connectivity index (χ4v) is 2.65. The number of hydrogen-bond donors (Lipinski definition) is 0. The number of anilines is 2. The van der Waals surface area contributed by atoms with E-state index in [-0.39, 0.29) is 17.6 Å². The molecule has 0 aliphatic carbocycles. The molecule has 3 rings (SSSR count). The fraction of sp³-hybridized carbons (Fsp3) is 0.278. The third kappa shape index (κ3) is 4.02. The van der Waals surface area contributed by atoms with E-state index in [4.69, 9.17) is 21.6 Å². The van der Waals surface area contributed by atoms with Gasteiger partial charge in [-0.05, 0) is 50.6 Å². The van der Waals surface area contributed by atoms with Gasteiger partial charge in [0.1, 0.15) is 12.1 Å². The Morgan fingerprint density at radius 1 is 1.39 bits per heavy atom. The molecule has 0 atom stereocenters. The normalized spacial score (nSPS) is 11.3. The molecule has 2 aromatic heterocycles. The Bertz CT molecular complexity index is 1090. The van der Waals surface area contributed by atoms with Crippen LogP contribution >= 0.6 is 11.6 Å². The van der Waals surface area contributed by atoms with E-state index in [1.165, 1.54) is 11.1 Å². The zero-order valence-electron chi connectivity index (χ0n) is 15.3. The number of nitrogens with zero attached hydrogens (tertiary/aromatic N) is 6. The van der Waals surface area contributed by atoms with Crippen molar-refractivity contribution in [2.45, 2.75) is 26.4 Å². The van der Waals surface area contributed by atoms with Crippen LogP contribution in [-0.4, -0.2) is 38.0 Å². The standard InChI is InChI=1S/C18H16ClFN6O2/c1-18(2,3)28-17(27)26-14-5-4-12(8-11(14)9-23-26)25(7-6-21)15-13(20)10-22-16(19)24-15/h4-5,8-10H,7H2,1-3H3. The van der Waals surface area contributed by atoms with Crippen molar-refractivity contribution < 1.29 is 13.9 Å². The molecule has 0 saturated heterocycles. The van der Waals surface area contributed by atoms with Crippen molar-refractivity contribution in [2.24, 2.45) is 0 Å². The van der Waals surface area contributed by atoms with Gasteiger partial charge in [-0.2, -0.15) is 20.0 Å². The molecule has 0 bridgehead atoms. The summed E-state index contributed by atoms with van der Waals surface area (Å²) in [5.41, 5.74) is 0.324. The van der Waals surface area contributed by atoms with Crippen LogP contribution in [0.5, 0.6) is 0 Å². The van der Waals surface area contributed by atoms with Gasteiger partial charge in [0.2, 0.25) is 5.28 Å². The number of rotatable bonds is 3. The Labute approximate surface area is 165 Å². The van der Waals surface area contributed by atoms with Gasteiger partial charge in [0.25, 0.3) is 0 Å². The molecule has 0 saturated carbocycles. The maximum Gasteiger partial charge on any atom is 0.435 e. The lowest BCUT2D eigenvalue weighted by Gasteiger charge is -2.21. The van der Waals surface area contributed by atoms with Crippen LogP contribution in [0.4, 0.5) is 20.7 Å². The van der Waals surface area contributed by atoms with E-state index in [2.05, 4.69) is 15.1 Å². The minimum absolute atomic E-state index is 0.125. The van der Waals surface area contributed by atoms with E-state index >= 15 is 0 Å². The van der Waals surface area contributed by atoms with Gasteiger partial charge >= 0.3 is 6.09 Å². The van der Waals surface area contributed by atoms with Gasteiger partial charge < -0.3 is 9.64 Å². The van der Waals surface area contributed by atoms with Crippen molar-refractivity contribution in [1.82, 2.24) is 19.7 Å². The minimum Gasteiger partial charge on any atom is -0.442 e. The lowest BCUT2D eigenvalue weighted by molar-refractivity contribution is 0.0522. The molecular weight excluding hydrogens is 387 g/mol. The van der Waals surface area contributed by atoms with Gasteiger partial charge in [0.05, 0.1) is 24.0 Å². The summed E-state index contributed by atoms with van der Waals surface area (Å²) >= 11 is 5.77. The molecule has 0 N–H and O–H groups in total. The second-order valence-corrected chi connectivity index (χ2v) is 7.17. The van der Waals surface area contributed by atoms with Crippen LogP contribution in [0.15, 0.2) is 30.6 Å². The second-order valence-electron chi connectivity index (χ2n) is 6.83. The molecule has 0 aliphatic rings. The molecule has 0 aliphatic heterocycles. The Balaban J connectivity index is 2.02. The molecule has 10 heteroatoms. The van der Waals surface area contributed by atoms with Crippen LogP contribution in [0.25, 0.3) is 10.9 Å². The molecule has 8 nitrogen and oxygen atoms in total. The highest BCUT2D eigenvalue weighted by Crippen LogP contribution is 2.29. The highest BCUT2D eigenvalue weighted by molar-refractivity contribution is 6.28. The maximum absolute atomic E-state index is 14.2. The molecule has 3 aromatic rings. The maximum atomic E-state index is 14.2. The zero-order valence-corrected chi connectivity index (χ0v) is 16.1. The molecule has 0 amide bonds. The van der Waals surface area contributed by atoms with Crippen LogP contribution in [0.2, 0.25) is 5.28 Å². The van der Waals surface area contributed by atoms with Crippen LogP contribution in [0, 0.1) is 17.1 Å². The first-order chi connectivity index (χ1) is 13.2. The molecule has 0 fully saturated rings. The second kappa shape index (κ2) is 7.40. The Kier molecular flexibility index (Phi) is 5.16. The summed E-state index contributed by atoms with van der Waals surface area (Å²) in [5, 5.41) is 13.7. The molecule has 2 heterocycles. The van der Waals surface area contributed by atoms with E-state index in [0.717, 1.165) is 10.9 Å². The third-order valence-corrected chi connectivity index (χ3v) is 3.79. The summed E-state index contributed by atoms with van der Waals surface area (Å²) in [5.74, 6) is -0.843. The largest absolute Gasteiger partial charge is 0.442 e. The summed E-state index contributed by atoms with van der Waals surface area (Å²) in [6.45, 7) is 5.11. The van der Waals surface area contributed by atoms with Gasteiger partial charge in [0, 0.05) is 11.1 Å². The lowest BCUT2D eigenvalue weighted by atomic mass is 10.2. The van der Waals surface area contributed by atoms with E-state index in [9.17, 15) is 9.18 Å². The van der Waals surface area contributed by atoms with Gasteiger partial charge in [-0.3, -0.25) is 0 Å². The van der Waals surface area contributed by atoms with E-state index in [1.54, 1.807) is 39.0 Å². The highest BCUT2D eigenvalue weighted by atomic mass is 35.5. The van der Waals surface area contributed by atoms with Gasteiger partial charge in [-0.1, -0.05) is 0 Å². The Morgan fingerprint density at radius 3 is 2.82 bits per heavy atom. The van der Waals surface area contributed by atoms with Crippen molar-refractivity contribution in [2.75, 3.05) is 11.4 Å². The van der Waals surface area contributed by atoms with E-state index in [0.29, 0.717) is 16.6 Å². The molecular formula is C18H16ClFN6O2.